The van der Waals surface area contributed by atoms with Crippen LogP contribution < -0.4 is 5.73 Å². The molecule has 0 saturated heterocycles. The average molecular weight is 193 g/mol. The van der Waals surface area contributed by atoms with Crippen LogP contribution in [-0.2, 0) is 6.42 Å². The lowest BCUT2D eigenvalue weighted by molar-refractivity contribution is 0.0444. The first-order valence-electron chi connectivity index (χ1n) is 5.07. The summed E-state index contributed by atoms with van der Waals surface area (Å²) in [7, 11) is 0. The first-order valence-corrected chi connectivity index (χ1v) is 5.07. The zero-order valence-corrected chi connectivity index (χ0v) is 8.46. The Hall–Kier alpha value is -0.890. The molecule has 0 atom stereocenters. The highest BCUT2D eigenvalue weighted by Gasteiger charge is 2.42. The van der Waals surface area contributed by atoms with Gasteiger partial charge in [0, 0.05) is 12.5 Å². The smallest absolute Gasteiger partial charge is 0.118 e. The van der Waals surface area contributed by atoms with Crippen LogP contribution in [0.15, 0.2) is 24.3 Å². The summed E-state index contributed by atoms with van der Waals surface area (Å²) in [6.45, 7) is 2.03. The predicted molar refractivity (Wildman–Crippen MR) is 55.9 cm³/mol. The maximum atomic E-state index is 13.9. The topological polar surface area (TPSA) is 26.0 Å². The Bertz CT molecular complexity index is 329. The Labute approximate surface area is 84.1 Å². The number of hydrogen-bond acceptors (Lipinski definition) is 1. The van der Waals surface area contributed by atoms with Crippen molar-refractivity contribution in [1.29, 1.82) is 0 Å². The molecule has 2 heteroatoms. The molecular formula is C12H16FN. The highest BCUT2D eigenvalue weighted by molar-refractivity contribution is 5.24. The quantitative estimate of drug-likeness (QED) is 0.766. The minimum Gasteiger partial charge on any atom is -0.327 e. The van der Waals surface area contributed by atoms with Crippen molar-refractivity contribution in [2.75, 3.05) is 0 Å². The number of benzene rings is 1. The summed E-state index contributed by atoms with van der Waals surface area (Å²) in [4.78, 5) is 0. The van der Waals surface area contributed by atoms with Gasteiger partial charge in [-0.2, -0.15) is 0 Å². The molecule has 1 aromatic rings. The summed E-state index contributed by atoms with van der Waals surface area (Å²) < 4.78 is 13.9. The van der Waals surface area contributed by atoms with Crippen LogP contribution in [0, 0.1) is 6.92 Å². The lowest BCUT2D eigenvalue weighted by atomic mass is 9.74. The number of rotatable bonds is 2. The molecule has 2 rings (SSSR count). The summed E-state index contributed by atoms with van der Waals surface area (Å²) in [6.07, 6.45) is 1.55. The molecular weight excluding hydrogens is 177 g/mol. The summed E-state index contributed by atoms with van der Waals surface area (Å²) >= 11 is 0. The van der Waals surface area contributed by atoms with E-state index in [4.69, 9.17) is 5.73 Å². The van der Waals surface area contributed by atoms with E-state index in [1.807, 2.05) is 31.2 Å². The van der Waals surface area contributed by atoms with Gasteiger partial charge < -0.3 is 5.73 Å². The van der Waals surface area contributed by atoms with E-state index in [0.29, 0.717) is 19.3 Å². The van der Waals surface area contributed by atoms with Crippen molar-refractivity contribution < 1.29 is 4.39 Å². The van der Waals surface area contributed by atoms with Crippen LogP contribution in [-0.4, -0.2) is 11.7 Å². The van der Waals surface area contributed by atoms with Crippen molar-refractivity contribution in [2.45, 2.75) is 37.9 Å². The molecule has 1 saturated carbocycles. The van der Waals surface area contributed by atoms with E-state index in [-0.39, 0.29) is 6.04 Å². The molecule has 2 N–H and O–H groups in total. The molecule has 0 aliphatic heterocycles. The first-order chi connectivity index (χ1) is 6.57. The number of aryl methyl sites for hydroxylation is 1. The van der Waals surface area contributed by atoms with Gasteiger partial charge in [-0.25, -0.2) is 4.39 Å². The highest BCUT2D eigenvalue weighted by Crippen LogP contribution is 2.37. The van der Waals surface area contributed by atoms with Crippen molar-refractivity contribution in [1.82, 2.24) is 0 Å². The molecule has 14 heavy (non-hydrogen) atoms. The molecule has 0 radical (unpaired) electrons. The molecule has 0 unspecified atom stereocenters. The van der Waals surface area contributed by atoms with Crippen molar-refractivity contribution >= 4 is 0 Å². The van der Waals surface area contributed by atoms with Gasteiger partial charge in [0.15, 0.2) is 0 Å². The monoisotopic (exact) mass is 193 g/mol. The van der Waals surface area contributed by atoms with Gasteiger partial charge >= 0.3 is 0 Å². The molecule has 1 aliphatic carbocycles. The highest BCUT2D eigenvalue weighted by atomic mass is 19.1. The van der Waals surface area contributed by atoms with Crippen molar-refractivity contribution in [3.05, 3.63) is 35.4 Å². The lowest BCUT2D eigenvalue weighted by Crippen LogP contribution is -2.49. The minimum absolute atomic E-state index is 0.0739. The van der Waals surface area contributed by atoms with E-state index in [2.05, 4.69) is 0 Å². The largest absolute Gasteiger partial charge is 0.327 e. The molecule has 0 amide bonds. The van der Waals surface area contributed by atoms with Crippen molar-refractivity contribution in [3.63, 3.8) is 0 Å². The van der Waals surface area contributed by atoms with Crippen LogP contribution in [0.1, 0.15) is 24.0 Å². The predicted octanol–water partition coefficient (Wildman–Crippen LogP) is 2.37. The van der Waals surface area contributed by atoms with Gasteiger partial charge in [-0.1, -0.05) is 29.8 Å². The molecule has 0 spiro atoms. The summed E-state index contributed by atoms with van der Waals surface area (Å²) in [6, 6.07) is 8.11. The average Bonchev–Trinajstić information content (AvgIpc) is 2.00. The lowest BCUT2D eigenvalue weighted by Gasteiger charge is -2.39. The van der Waals surface area contributed by atoms with Gasteiger partial charge in [0.05, 0.1) is 0 Å². The molecule has 76 valence electrons. The first kappa shape index (κ1) is 9.66. The summed E-state index contributed by atoms with van der Waals surface area (Å²) in [5.74, 6) is 0. The van der Waals surface area contributed by atoms with Gasteiger partial charge in [0.1, 0.15) is 5.67 Å². The fourth-order valence-corrected chi connectivity index (χ4v) is 2.21. The second-order valence-electron chi connectivity index (χ2n) is 4.49. The Kier molecular flexibility index (Phi) is 2.31. The van der Waals surface area contributed by atoms with E-state index in [9.17, 15) is 4.39 Å². The molecule has 1 aliphatic rings. The molecule has 1 fully saturated rings. The number of alkyl halides is 1. The molecule has 1 aromatic carbocycles. The fourth-order valence-electron chi connectivity index (χ4n) is 2.21. The third-order valence-electron chi connectivity index (χ3n) is 2.86. The SMILES string of the molecule is Cc1cccc(CC2(F)CC(N)C2)c1. The summed E-state index contributed by atoms with van der Waals surface area (Å²) in [5.41, 5.74) is 6.84. The number of nitrogens with two attached hydrogens (primary N) is 1. The van der Waals surface area contributed by atoms with Crippen molar-refractivity contribution in [2.24, 2.45) is 5.73 Å². The second kappa shape index (κ2) is 3.35. The van der Waals surface area contributed by atoms with Crippen LogP contribution in [0.5, 0.6) is 0 Å². The van der Waals surface area contributed by atoms with E-state index >= 15 is 0 Å². The van der Waals surface area contributed by atoms with Crippen molar-refractivity contribution in [3.8, 4) is 0 Å². The standard InChI is InChI=1S/C12H16FN/c1-9-3-2-4-10(5-9)6-12(13)7-11(14)8-12/h2-5,11H,6-8,14H2,1H3. The van der Waals surface area contributed by atoms with E-state index in [0.717, 1.165) is 5.56 Å². The van der Waals surface area contributed by atoms with Gasteiger partial charge in [-0.05, 0) is 25.3 Å². The Balaban J connectivity index is 2.04. The maximum absolute atomic E-state index is 13.9. The fraction of sp³-hybridized carbons (Fsp3) is 0.500. The van der Waals surface area contributed by atoms with Gasteiger partial charge in [0.2, 0.25) is 0 Å². The van der Waals surface area contributed by atoms with E-state index in [1.165, 1.54) is 5.56 Å². The normalized spacial score (nSPS) is 31.2. The Morgan fingerprint density at radius 3 is 2.79 bits per heavy atom. The molecule has 0 aromatic heterocycles. The number of halogens is 1. The Morgan fingerprint density at radius 2 is 2.21 bits per heavy atom. The van der Waals surface area contributed by atoms with Crippen LogP contribution in [0.4, 0.5) is 4.39 Å². The third-order valence-corrected chi connectivity index (χ3v) is 2.86. The van der Waals surface area contributed by atoms with E-state index < -0.39 is 5.67 Å². The van der Waals surface area contributed by atoms with Crippen LogP contribution in [0.3, 0.4) is 0 Å². The zero-order valence-electron chi connectivity index (χ0n) is 8.46. The van der Waals surface area contributed by atoms with Crippen LogP contribution >= 0.6 is 0 Å². The maximum Gasteiger partial charge on any atom is 0.118 e. The summed E-state index contributed by atoms with van der Waals surface area (Å²) in [5, 5.41) is 0. The Morgan fingerprint density at radius 1 is 1.50 bits per heavy atom. The van der Waals surface area contributed by atoms with Crippen LogP contribution in [0.25, 0.3) is 0 Å². The minimum atomic E-state index is -1.03. The molecule has 0 bridgehead atoms. The zero-order chi connectivity index (χ0) is 10.2. The van der Waals surface area contributed by atoms with Gasteiger partial charge in [-0.3, -0.25) is 0 Å². The molecule has 0 heterocycles. The second-order valence-corrected chi connectivity index (χ2v) is 4.49. The third kappa shape index (κ3) is 1.95. The van der Waals surface area contributed by atoms with Gasteiger partial charge in [-0.15, -0.1) is 0 Å². The molecule has 1 nitrogen and oxygen atoms in total. The van der Waals surface area contributed by atoms with E-state index in [1.54, 1.807) is 0 Å². The van der Waals surface area contributed by atoms with Crippen LogP contribution in [0.2, 0.25) is 0 Å². The number of hydrogen-bond donors (Lipinski definition) is 1. The van der Waals surface area contributed by atoms with Gasteiger partial charge in [0.25, 0.3) is 0 Å².